The van der Waals surface area contributed by atoms with Crippen LogP contribution in [0.2, 0.25) is 0 Å². The predicted octanol–water partition coefficient (Wildman–Crippen LogP) is 0.543. The zero-order valence-electron chi connectivity index (χ0n) is 16.2. The molecule has 0 bridgehead atoms. The molecule has 27 heavy (non-hydrogen) atoms. The molecular formula is C18H29N3O5S. The molecule has 0 unspecified atom stereocenters. The fraction of sp³-hybridized carbons (Fsp3) is 0.611. The number of rotatable bonds is 9. The summed E-state index contributed by atoms with van der Waals surface area (Å²) in [6.45, 7) is 6.89. The van der Waals surface area contributed by atoms with Crippen molar-refractivity contribution in [3.63, 3.8) is 0 Å². The third-order valence-corrected chi connectivity index (χ3v) is 6.49. The first-order valence-corrected chi connectivity index (χ1v) is 10.6. The van der Waals surface area contributed by atoms with E-state index in [0.29, 0.717) is 51.7 Å². The second-order valence-electron chi connectivity index (χ2n) is 6.30. The number of nitrogens with one attached hydrogen (secondary N) is 1. The van der Waals surface area contributed by atoms with E-state index in [0.717, 1.165) is 0 Å². The SMILES string of the molecule is CCOc1ccc(S(=O)(=O)N2CCN([C@@H](C)C(=O)NCCOC)CC2)cc1. The normalized spacial score (nSPS) is 17.4. The van der Waals surface area contributed by atoms with E-state index in [1.54, 1.807) is 31.4 Å². The Kier molecular flexibility index (Phi) is 8.03. The summed E-state index contributed by atoms with van der Waals surface area (Å²) in [5, 5.41) is 2.81. The maximum atomic E-state index is 12.8. The smallest absolute Gasteiger partial charge is 0.243 e. The number of piperazine rings is 1. The molecule has 1 aromatic rings. The number of hydrogen-bond donors (Lipinski definition) is 1. The highest BCUT2D eigenvalue weighted by Crippen LogP contribution is 2.21. The largest absolute Gasteiger partial charge is 0.494 e. The molecule has 1 amide bonds. The zero-order chi connectivity index (χ0) is 19.9. The third-order valence-electron chi connectivity index (χ3n) is 4.58. The van der Waals surface area contributed by atoms with Gasteiger partial charge in [0.15, 0.2) is 0 Å². The summed E-state index contributed by atoms with van der Waals surface area (Å²) in [4.78, 5) is 14.4. The molecule has 2 rings (SSSR count). The van der Waals surface area contributed by atoms with Crippen molar-refractivity contribution in [2.75, 3.05) is 53.0 Å². The number of carbonyl (C=O) groups excluding carboxylic acids is 1. The van der Waals surface area contributed by atoms with Crippen LogP contribution in [0.5, 0.6) is 5.75 Å². The summed E-state index contributed by atoms with van der Waals surface area (Å²) < 4.78 is 37.4. The van der Waals surface area contributed by atoms with E-state index in [1.807, 2.05) is 18.7 Å². The fourth-order valence-electron chi connectivity index (χ4n) is 2.94. The average molecular weight is 400 g/mol. The molecule has 1 heterocycles. The summed E-state index contributed by atoms with van der Waals surface area (Å²) in [7, 11) is -1.96. The van der Waals surface area contributed by atoms with Crippen LogP contribution in [0.4, 0.5) is 0 Å². The molecule has 1 N–H and O–H groups in total. The van der Waals surface area contributed by atoms with E-state index in [9.17, 15) is 13.2 Å². The topological polar surface area (TPSA) is 88.2 Å². The van der Waals surface area contributed by atoms with E-state index in [4.69, 9.17) is 9.47 Å². The van der Waals surface area contributed by atoms with Gasteiger partial charge in [0.1, 0.15) is 5.75 Å². The number of nitrogens with zero attached hydrogens (tertiary/aromatic N) is 2. The Bertz CT molecular complexity index is 700. The maximum Gasteiger partial charge on any atom is 0.243 e. The first kappa shape index (κ1) is 21.6. The predicted molar refractivity (Wildman–Crippen MR) is 102 cm³/mol. The Morgan fingerprint density at radius 3 is 2.37 bits per heavy atom. The van der Waals surface area contributed by atoms with E-state index in [-0.39, 0.29) is 16.8 Å². The Hall–Kier alpha value is -1.68. The first-order valence-electron chi connectivity index (χ1n) is 9.14. The lowest BCUT2D eigenvalue weighted by Gasteiger charge is -2.36. The molecule has 1 atom stereocenters. The summed E-state index contributed by atoms with van der Waals surface area (Å²) >= 11 is 0. The first-order chi connectivity index (χ1) is 12.9. The maximum absolute atomic E-state index is 12.8. The van der Waals surface area contributed by atoms with Gasteiger partial charge in [-0.05, 0) is 38.1 Å². The Balaban J connectivity index is 1.92. The van der Waals surface area contributed by atoms with Crippen LogP contribution in [0.1, 0.15) is 13.8 Å². The van der Waals surface area contributed by atoms with Gasteiger partial charge < -0.3 is 14.8 Å². The highest BCUT2D eigenvalue weighted by molar-refractivity contribution is 7.89. The molecule has 1 aliphatic heterocycles. The van der Waals surface area contributed by atoms with Crippen LogP contribution >= 0.6 is 0 Å². The number of ether oxygens (including phenoxy) is 2. The van der Waals surface area contributed by atoms with E-state index in [2.05, 4.69) is 5.32 Å². The van der Waals surface area contributed by atoms with Crippen molar-refractivity contribution in [3.8, 4) is 5.75 Å². The molecule has 0 radical (unpaired) electrons. The molecule has 9 heteroatoms. The van der Waals surface area contributed by atoms with Crippen LogP contribution in [-0.2, 0) is 19.6 Å². The number of carbonyl (C=O) groups is 1. The van der Waals surface area contributed by atoms with Gasteiger partial charge in [-0.1, -0.05) is 0 Å². The highest BCUT2D eigenvalue weighted by atomic mass is 32.2. The van der Waals surface area contributed by atoms with Gasteiger partial charge >= 0.3 is 0 Å². The number of sulfonamides is 1. The Labute approximate surface area is 161 Å². The lowest BCUT2D eigenvalue weighted by Crippen LogP contribution is -2.55. The number of hydrogen-bond acceptors (Lipinski definition) is 6. The van der Waals surface area contributed by atoms with Gasteiger partial charge in [0.25, 0.3) is 0 Å². The molecule has 0 spiro atoms. The molecule has 1 aliphatic rings. The van der Waals surface area contributed by atoms with Gasteiger partial charge in [0.05, 0.1) is 24.2 Å². The molecule has 8 nitrogen and oxygen atoms in total. The summed E-state index contributed by atoms with van der Waals surface area (Å²) in [5.74, 6) is 0.574. The lowest BCUT2D eigenvalue weighted by molar-refractivity contribution is -0.126. The van der Waals surface area contributed by atoms with Crippen molar-refractivity contribution in [2.24, 2.45) is 0 Å². The van der Waals surface area contributed by atoms with Crippen LogP contribution in [0.3, 0.4) is 0 Å². The van der Waals surface area contributed by atoms with Gasteiger partial charge in [-0.2, -0.15) is 4.31 Å². The molecule has 1 saturated heterocycles. The second kappa shape index (κ2) is 10.0. The van der Waals surface area contributed by atoms with Crippen LogP contribution in [0.25, 0.3) is 0 Å². The average Bonchev–Trinajstić information content (AvgIpc) is 2.68. The standard InChI is InChI=1S/C18H29N3O5S/c1-4-26-16-5-7-17(8-6-16)27(23,24)21-12-10-20(11-13-21)15(2)18(22)19-9-14-25-3/h5-8,15H,4,9-14H2,1-3H3,(H,19,22)/t15-/m0/s1. The number of benzene rings is 1. The van der Waals surface area contributed by atoms with Crippen molar-refractivity contribution in [3.05, 3.63) is 24.3 Å². The van der Waals surface area contributed by atoms with Gasteiger partial charge in [-0.25, -0.2) is 8.42 Å². The van der Waals surface area contributed by atoms with Crippen molar-refractivity contribution in [2.45, 2.75) is 24.8 Å². The van der Waals surface area contributed by atoms with Crippen molar-refractivity contribution >= 4 is 15.9 Å². The Morgan fingerprint density at radius 2 is 1.81 bits per heavy atom. The quantitative estimate of drug-likeness (QED) is 0.610. The van der Waals surface area contributed by atoms with Crippen LogP contribution in [0.15, 0.2) is 29.2 Å². The summed E-state index contributed by atoms with van der Waals surface area (Å²) in [5.41, 5.74) is 0. The van der Waals surface area contributed by atoms with Crippen molar-refractivity contribution < 1.29 is 22.7 Å². The molecule has 0 aromatic heterocycles. The monoisotopic (exact) mass is 399 g/mol. The van der Waals surface area contributed by atoms with Gasteiger partial charge in [0.2, 0.25) is 15.9 Å². The fourth-order valence-corrected chi connectivity index (χ4v) is 4.37. The molecule has 0 aliphatic carbocycles. The third kappa shape index (κ3) is 5.65. The molecule has 0 saturated carbocycles. The van der Waals surface area contributed by atoms with E-state index >= 15 is 0 Å². The minimum atomic E-state index is -3.55. The van der Waals surface area contributed by atoms with Crippen LogP contribution < -0.4 is 10.1 Å². The van der Waals surface area contributed by atoms with Crippen molar-refractivity contribution in [1.29, 1.82) is 0 Å². The Morgan fingerprint density at radius 1 is 1.19 bits per heavy atom. The van der Waals surface area contributed by atoms with E-state index < -0.39 is 10.0 Å². The lowest BCUT2D eigenvalue weighted by atomic mass is 10.2. The minimum absolute atomic E-state index is 0.0742. The van der Waals surface area contributed by atoms with Crippen LogP contribution in [0, 0.1) is 0 Å². The second-order valence-corrected chi connectivity index (χ2v) is 8.24. The van der Waals surface area contributed by atoms with Gasteiger partial charge in [-0.15, -0.1) is 0 Å². The highest BCUT2D eigenvalue weighted by Gasteiger charge is 2.31. The van der Waals surface area contributed by atoms with Crippen LogP contribution in [-0.4, -0.2) is 82.6 Å². The van der Waals surface area contributed by atoms with Crippen molar-refractivity contribution in [1.82, 2.24) is 14.5 Å². The summed E-state index contributed by atoms with van der Waals surface area (Å²) in [6.07, 6.45) is 0. The van der Waals surface area contributed by atoms with Gasteiger partial charge in [0, 0.05) is 39.8 Å². The minimum Gasteiger partial charge on any atom is -0.494 e. The number of methoxy groups -OCH3 is 1. The van der Waals surface area contributed by atoms with Gasteiger partial charge in [-0.3, -0.25) is 9.69 Å². The molecular weight excluding hydrogens is 370 g/mol. The number of amides is 1. The zero-order valence-corrected chi connectivity index (χ0v) is 17.0. The molecule has 1 aromatic carbocycles. The molecule has 1 fully saturated rings. The summed E-state index contributed by atoms with van der Waals surface area (Å²) in [6, 6.07) is 6.16. The molecule has 152 valence electrons. The van der Waals surface area contributed by atoms with E-state index in [1.165, 1.54) is 4.31 Å².